The second-order valence-electron chi connectivity index (χ2n) is 3.35. The number of carboxylic acid groups (broad SMARTS) is 1. The van der Waals surface area contributed by atoms with Crippen molar-refractivity contribution >= 4 is 17.6 Å². The van der Waals surface area contributed by atoms with E-state index in [0.717, 1.165) is 5.56 Å². The molecule has 7 N–H and O–H groups in total. The molecule has 1 aromatic rings. The summed E-state index contributed by atoms with van der Waals surface area (Å²) in [6.45, 7) is 0. The lowest BCUT2D eigenvalue weighted by Gasteiger charge is -2.06. The highest BCUT2D eigenvalue weighted by molar-refractivity contribution is 5.79. The number of guanidine groups is 1. The van der Waals surface area contributed by atoms with Crippen molar-refractivity contribution in [3.05, 3.63) is 29.8 Å². The van der Waals surface area contributed by atoms with Crippen LogP contribution < -0.4 is 17.2 Å². The van der Waals surface area contributed by atoms with Crippen LogP contribution in [0.4, 0.5) is 5.69 Å². The van der Waals surface area contributed by atoms with Gasteiger partial charge in [0.1, 0.15) is 6.04 Å². The zero-order valence-corrected chi connectivity index (χ0v) is 8.63. The molecule has 1 aromatic carbocycles. The van der Waals surface area contributed by atoms with Gasteiger partial charge in [0, 0.05) is 0 Å². The third kappa shape index (κ3) is 3.58. The van der Waals surface area contributed by atoms with E-state index in [2.05, 4.69) is 4.99 Å². The summed E-state index contributed by atoms with van der Waals surface area (Å²) in [7, 11) is 0. The molecule has 0 saturated heterocycles. The summed E-state index contributed by atoms with van der Waals surface area (Å²) in [5.41, 5.74) is 17.3. The van der Waals surface area contributed by atoms with Crippen LogP contribution in [0, 0.1) is 0 Å². The van der Waals surface area contributed by atoms with Crippen LogP contribution in [-0.4, -0.2) is 23.1 Å². The summed E-state index contributed by atoms with van der Waals surface area (Å²) < 4.78 is 0. The highest BCUT2D eigenvalue weighted by Gasteiger charge is 2.11. The maximum absolute atomic E-state index is 10.5. The molecule has 0 aliphatic rings. The fourth-order valence-electron chi connectivity index (χ4n) is 1.20. The van der Waals surface area contributed by atoms with Gasteiger partial charge in [-0.15, -0.1) is 0 Å². The predicted octanol–water partition coefficient (Wildman–Crippen LogP) is -0.454. The monoisotopic (exact) mass is 222 g/mol. The third-order valence-electron chi connectivity index (χ3n) is 1.97. The summed E-state index contributed by atoms with van der Waals surface area (Å²) in [4.78, 5) is 14.4. The van der Waals surface area contributed by atoms with Crippen molar-refractivity contribution in [2.75, 3.05) is 0 Å². The van der Waals surface area contributed by atoms with Crippen LogP contribution in [0.3, 0.4) is 0 Å². The molecule has 6 nitrogen and oxygen atoms in total. The number of hydrogen-bond acceptors (Lipinski definition) is 3. The summed E-state index contributed by atoms with van der Waals surface area (Å²) >= 11 is 0. The van der Waals surface area contributed by atoms with Gasteiger partial charge >= 0.3 is 5.97 Å². The molecule has 86 valence electrons. The van der Waals surface area contributed by atoms with Gasteiger partial charge in [0.2, 0.25) is 0 Å². The van der Waals surface area contributed by atoms with Gasteiger partial charge in [0.05, 0.1) is 5.69 Å². The Kier molecular flexibility index (Phi) is 3.84. The number of carboxylic acids is 1. The molecule has 16 heavy (non-hydrogen) atoms. The molecular formula is C10H14N4O2. The molecule has 0 aromatic heterocycles. The van der Waals surface area contributed by atoms with Crippen LogP contribution in [0.15, 0.2) is 29.3 Å². The van der Waals surface area contributed by atoms with E-state index in [0.29, 0.717) is 5.69 Å². The van der Waals surface area contributed by atoms with Crippen molar-refractivity contribution in [2.45, 2.75) is 12.5 Å². The van der Waals surface area contributed by atoms with Crippen molar-refractivity contribution in [2.24, 2.45) is 22.2 Å². The molecular weight excluding hydrogens is 208 g/mol. The second kappa shape index (κ2) is 5.13. The Labute approximate surface area is 92.8 Å². The standard InChI is InChI=1S/C10H14N4O2/c11-8(9(15)16)5-6-1-3-7(4-2-6)14-10(12)13/h1-4,8H,5,11H2,(H,15,16)(H4,12,13,14)/t8-/m0/s1. The van der Waals surface area contributed by atoms with E-state index >= 15 is 0 Å². The molecule has 0 radical (unpaired) electrons. The number of benzene rings is 1. The summed E-state index contributed by atoms with van der Waals surface area (Å²) in [6, 6.07) is 5.98. The highest BCUT2D eigenvalue weighted by Crippen LogP contribution is 2.13. The van der Waals surface area contributed by atoms with Gasteiger partial charge in [-0.05, 0) is 24.1 Å². The Morgan fingerprint density at radius 2 is 1.88 bits per heavy atom. The van der Waals surface area contributed by atoms with Crippen LogP contribution in [0.25, 0.3) is 0 Å². The molecule has 0 bridgehead atoms. The molecule has 1 rings (SSSR count). The molecule has 0 fully saturated rings. The number of aliphatic imine (C=N–C) groups is 1. The minimum atomic E-state index is -1.02. The topological polar surface area (TPSA) is 128 Å². The molecule has 0 saturated carbocycles. The quantitative estimate of drug-likeness (QED) is 0.405. The van der Waals surface area contributed by atoms with Crippen molar-refractivity contribution in [1.29, 1.82) is 0 Å². The lowest BCUT2D eigenvalue weighted by molar-refractivity contribution is -0.138. The van der Waals surface area contributed by atoms with E-state index in [1.54, 1.807) is 24.3 Å². The first kappa shape index (κ1) is 12.0. The van der Waals surface area contributed by atoms with E-state index in [9.17, 15) is 4.79 Å². The Hall–Kier alpha value is -2.08. The largest absolute Gasteiger partial charge is 0.480 e. The highest BCUT2D eigenvalue weighted by atomic mass is 16.4. The number of nitrogens with zero attached hydrogens (tertiary/aromatic N) is 1. The maximum Gasteiger partial charge on any atom is 0.320 e. The number of carbonyl (C=O) groups is 1. The van der Waals surface area contributed by atoms with Crippen LogP contribution in [0.1, 0.15) is 5.56 Å². The Bertz CT molecular complexity index is 396. The van der Waals surface area contributed by atoms with Gasteiger partial charge in [-0.3, -0.25) is 4.79 Å². The Morgan fingerprint density at radius 3 is 2.31 bits per heavy atom. The van der Waals surface area contributed by atoms with Crippen LogP contribution >= 0.6 is 0 Å². The van der Waals surface area contributed by atoms with E-state index in [4.69, 9.17) is 22.3 Å². The molecule has 0 aliphatic heterocycles. The zero-order chi connectivity index (χ0) is 12.1. The van der Waals surface area contributed by atoms with E-state index < -0.39 is 12.0 Å². The van der Waals surface area contributed by atoms with Gasteiger partial charge in [0.25, 0.3) is 0 Å². The smallest absolute Gasteiger partial charge is 0.320 e. The molecule has 0 heterocycles. The molecule has 0 unspecified atom stereocenters. The van der Waals surface area contributed by atoms with Crippen LogP contribution in [-0.2, 0) is 11.2 Å². The average molecular weight is 222 g/mol. The first-order chi connectivity index (χ1) is 7.49. The second-order valence-corrected chi connectivity index (χ2v) is 3.35. The fraction of sp³-hybridized carbons (Fsp3) is 0.200. The Balaban J connectivity index is 2.72. The molecule has 0 spiro atoms. The number of nitrogens with two attached hydrogens (primary N) is 3. The van der Waals surface area contributed by atoms with E-state index in [1.165, 1.54) is 0 Å². The number of hydrogen-bond donors (Lipinski definition) is 4. The minimum absolute atomic E-state index is 0.0185. The predicted molar refractivity (Wildman–Crippen MR) is 61.2 cm³/mol. The van der Waals surface area contributed by atoms with Crippen molar-refractivity contribution in [3.63, 3.8) is 0 Å². The van der Waals surface area contributed by atoms with Gasteiger partial charge in [0.15, 0.2) is 5.96 Å². The number of aliphatic carboxylic acids is 1. The van der Waals surface area contributed by atoms with Gasteiger partial charge in [-0.2, -0.15) is 0 Å². The minimum Gasteiger partial charge on any atom is -0.480 e. The number of rotatable bonds is 4. The third-order valence-corrected chi connectivity index (χ3v) is 1.97. The van der Waals surface area contributed by atoms with E-state index in [-0.39, 0.29) is 12.4 Å². The summed E-state index contributed by atoms with van der Waals surface area (Å²) in [5, 5.41) is 8.64. The Morgan fingerprint density at radius 1 is 1.31 bits per heavy atom. The molecule has 6 heteroatoms. The maximum atomic E-state index is 10.5. The van der Waals surface area contributed by atoms with Crippen molar-refractivity contribution in [1.82, 2.24) is 0 Å². The van der Waals surface area contributed by atoms with Gasteiger partial charge in [-0.1, -0.05) is 12.1 Å². The molecule has 1 atom stereocenters. The average Bonchev–Trinajstić information content (AvgIpc) is 2.20. The normalized spacial score (nSPS) is 11.8. The van der Waals surface area contributed by atoms with Crippen LogP contribution in [0.5, 0.6) is 0 Å². The lowest BCUT2D eigenvalue weighted by atomic mass is 10.1. The van der Waals surface area contributed by atoms with Crippen molar-refractivity contribution < 1.29 is 9.90 Å². The summed E-state index contributed by atoms with van der Waals surface area (Å²) in [5.74, 6) is -1.04. The fourth-order valence-corrected chi connectivity index (χ4v) is 1.20. The first-order valence-corrected chi connectivity index (χ1v) is 4.66. The summed E-state index contributed by atoms with van der Waals surface area (Å²) in [6.07, 6.45) is 0.275. The van der Waals surface area contributed by atoms with E-state index in [1.807, 2.05) is 0 Å². The van der Waals surface area contributed by atoms with Gasteiger partial charge in [-0.25, -0.2) is 4.99 Å². The van der Waals surface area contributed by atoms with Gasteiger partial charge < -0.3 is 22.3 Å². The van der Waals surface area contributed by atoms with Crippen LogP contribution in [0.2, 0.25) is 0 Å². The zero-order valence-electron chi connectivity index (χ0n) is 8.63. The lowest BCUT2D eigenvalue weighted by Crippen LogP contribution is -2.32. The molecule has 0 aliphatic carbocycles. The first-order valence-electron chi connectivity index (χ1n) is 4.66. The van der Waals surface area contributed by atoms with Crippen molar-refractivity contribution in [3.8, 4) is 0 Å². The SMILES string of the molecule is NC(N)=Nc1ccc(C[C@H](N)C(=O)O)cc1. The molecule has 0 amide bonds.